The van der Waals surface area contributed by atoms with E-state index < -0.39 is 18.2 Å². The maximum atomic E-state index is 14.1. The van der Waals surface area contributed by atoms with Crippen LogP contribution in [0.15, 0.2) is 36.4 Å². The zero-order chi connectivity index (χ0) is 35.4. The average Bonchev–Trinajstić information content (AvgIpc) is 3.27. The first-order chi connectivity index (χ1) is 24.0. The molecule has 4 heterocycles. The Bertz CT molecular complexity index is 1540. The molecular formula is C39H56N6O6. The number of likely N-dealkylation sites (tertiary alicyclic amines) is 2. The lowest BCUT2D eigenvalue weighted by atomic mass is 9.98. The SMILES string of the molecule is C.CC(=O)Oc1c(C)cc(C[C@@H](OC(=O)N2CCC(N3CCc4ccccc4NC3=O)CC2)C(=O)N2CCC(N3CCN(C)CC3)CC2)cc1C. The van der Waals surface area contributed by atoms with Crippen molar-refractivity contribution in [3.63, 3.8) is 0 Å². The number of rotatable bonds is 7. The lowest BCUT2D eigenvalue weighted by Crippen LogP contribution is -2.54. The van der Waals surface area contributed by atoms with Crippen LogP contribution in [0.2, 0.25) is 0 Å². The summed E-state index contributed by atoms with van der Waals surface area (Å²) in [6, 6.07) is 12.0. The van der Waals surface area contributed by atoms with Gasteiger partial charge in [0, 0.05) is 90.0 Å². The van der Waals surface area contributed by atoms with Crippen LogP contribution in [-0.2, 0) is 27.2 Å². The summed E-state index contributed by atoms with van der Waals surface area (Å²) in [5.74, 6) is -0.0570. The number of piperazine rings is 1. The maximum absolute atomic E-state index is 14.1. The molecule has 1 N–H and O–H groups in total. The van der Waals surface area contributed by atoms with Crippen molar-refractivity contribution < 1.29 is 28.7 Å². The molecule has 0 bridgehead atoms. The maximum Gasteiger partial charge on any atom is 0.410 e. The molecule has 12 nitrogen and oxygen atoms in total. The molecule has 0 saturated carbocycles. The van der Waals surface area contributed by atoms with Crippen LogP contribution >= 0.6 is 0 Å². The van der Waals surface area contributed by atoms with E-state index in [1.807, 2.05) is 60.0 Å². The van der Waals surface area contributed by atoms with Crippen LogP contribution in [0.4, 0.5) is 15.3 Å². The Labute approximate surface area is 303 Å². The first-order valence-corrected chi connectivity index (χ1v) is 18.2. The summed E-state index contributed by atoms with van der Waals surface area (Å²) >= 11 is 0. The minimum absolute atomic E-state index is 0. The number of amides is 4. The van der Waals surface area contributed by atoms with Crippen LogP contribution < -0.4 is 10.1 Å². The number of fused-ring (bicyclic) bond motifs is 1. The Balaban J connectivity index is 0.00000504. The van der Waals surface area contributed by atoms with E-state index in [9.17, 15) is 19.2 Å². The second kappa shape index (κ2) is 16.9. The third-order valence-electron chi connectivity index (χ3n) is 10.8. The summed E-state index contributed by atoms with van der Waals surface area (Å²) in [5, 5.41) is 3.05. The number of carbonyl (C=O) groups excluding carboxylic acids is 4. The van der Waals surface area contributed by atoms with Crippen LogP contribution in [0.5, 0.6) is 5.75 Å². The molecule has 0 spiro atoms. The van der Waals surface area contributed by atoms with Gasteiger partial charge in [-0.3, -0.25) is 14.5 Å². The van der Waals surface area contributed by atoms with Crippen LogP contribution in [-0.4, -0.2) is 133 Å². The van der Waals surface area contributed by atoms with Crippen molar-refractivity contribution in [2.24, 2.45) is 0 Å². The molecule has 12 heteroatoms. The molecule has 3 saturated heterocycles. The van der Waals surface area contributed by atoms with Crippen molar-refractivity contribution in [1.82, 2.24) is 24.5 Å². The summed E-state index contributed by atoms with van der Waals surface area (Å²) in [5.41, 5.74) is 4.37. The summed E-state index contributed by atoms with van der Waals surface area (Å²) in [7, 11) is 2.16. The van der Waals surface area contributed by atoms with Gasteiger partial charge < -0.3 is 34.4 Å². The standard InChI is InChI=1S/C38H52N6O6.CH4/c1-26-23-29(24-27(2)35(26)49-28(3)45)25-34(36(46)42-14-10-31(11-15-42)41-21-19-40(4)20-22-41)50-38(48)43-16-12-32(13-17-43)44-18-9-30-7-5-6-8-33(30)39-37(44)47;/h5-8,23-24,31-32,34H,9-22,25H2,1-4H3,(H,39,47);1H4/t34-;/m1./s1. The highest BCUT2D eigenvalue weighted by Gasteiger charge is 2.36. The summed E-state index contributed by atoms with van der Waals surface area (Å²) in [6.45, 7) is 12.1. The smallest absolute Gasteiger partial charge is 0.410 e. The molecule has 4 aliphatic rings. The van der Waals surface area contributed by atoms with Gasteiger partial charge in [0.2, 0.25) is 0 Å². The van der Waals surface area contributed by atoms with Crippen molar-refractivity contribution in [3.05, 3.63) is 58.7 Å². The molecule has 278 valence electrons. The summed E-state index contributed by atoms with van der Waals surface area (Å²) < 4.78 is 11.5. The highest BCUT2D eigenvalue weighted by Crippen LogP contribution is 2.28. The largest absolute Gasteiger partial charge is 0.436 e. The van der Waals surface area contributed by atoms with Gasteiger partial charge in [-0.15, -0.1) is 0 Å². The third-order valence-corrected chi connectivity index (χ3v) is 10.8. The monoisotopic (exact) mass is 704 g/mol. The Morgan fingerprint density at radius 2 is 1.45 bits per heavy atom. The van der Waals surface area contributed by atoms with Gasteiger partial charge in [0.05, 0.1) is 0 Å². The van der Waals surface area contributed by atoms with Crippen molar-refractivity contribution in [2.75, 3.05) is 71.3 Å². The molecule has 0 unspecified atom stereocenters. The number of para-hydroxylation sites is 1. The van der Waals surface area contributed by atoms with E-state index in [-0.39, 0.29) is 31.8 Å². The highest BCUT2D eigenvalue weighted by atomic mass is 16.6. The van der Waals surface area contributed by atoms with Crippen LogP contribution in [0.3, 0.4) is 0 Å². The van der Waals surface area contributed by atoms with E-state index in [0.29, 0.717) is 57.4 Å². The summed E-state index contributed by atoms with van der Waals surface area (Å²) in [4.78, 5) is 63.0. The van der Waals surface area contributed by atoms with E-state index >= 15 is 0 Å². The van der Waals surface area contributed by atoms with Gasteiger partial charge in [-0.1, -0.05) is 37.8 Å². The molecule has 4 amide bonds. The quantitative estimate of drug-likeness (QED) is 0.326. The average molecular weight is 705 g/mol. The number of esters is 1. The number of nitrogens with one attached hydrogen (secondary N) is 1. The van der Waals surface area contributed by atoms with Gasteiger partial charge in [-0.05, 0) is 81.3 Å². The highest BCUT2D eigenvalue weighted by molar-refractivity contribution is 5.91. The van der Waals surface area contributed by atoms with Crippen molar-refractivity contribution in [1.29, 1.82) is 0 Å². The van der Waals surface area contributed by atoms with Crippen LogP contribution in [0.25, 0.3) is 0 Å². The fraction of sp³-hybridized carbons (Fsp3) is 0.590. The molecule has 0 aromatic heterocycles. The number of benzene rings is 2. The van der Waals surface area contributed by atoms with Crippen molar-refractivity contribution >= 4 is 29.7 Å². The van der Waals surface area contributed by atoms with Crippen molar-refractivity contribution in [2.45, 2.75) is 84.9 Å². The fourth-order valence-electron chi connectivity index (χ4n) is 7.99. The normalized spacial score (nSPS) is 20.1. The number of urea groups is 1. The number of hydrogen-bond acceptors (Lipinski definition) is 8. The molecule has 51 heavy (non-hydrogen) atoms. The molecule has 0 radical (unpaired) electrons. The second-order valence-electron chi connectivity index (χ2n) is 14.4. The Hall–Kier alpha value is -4.16. The Morgan fingerprint density at radius 1 is 0.843 bits per heavy atom. The van der Waals surface area contributed by atoms with E-state index in [0.717, 1.165) is 73.4 Å². The molecule has 4 aliphatic heterocycles. The topological polar surface area (TPSA) is 115 Å². The predicted octanol–water partition coefficient (Wildman–Crippen LogP) is 4.71. The first kappa shape index (κ1) is 38.1. The van der Waals surface area contributed by atoms with E-state index in [1.54, 1.807) is 4.90 Å². The van der Waals surface area contributed by atoms with Crippen molar-refractivity contribution in [3.8, 4) is 5.75 Å². The lowest BCUT2D eigenvalue weighted by molar-refractivity contribution is -0.142. The lowest BCUT2D eigenvalue weighted by Gasteiger charge is -2.42. The number of carbonyl (C=O) groups is 4. The zero-order valence-corrected chi connectivity index (χ0v) is 30.0. The van der Waals surface area contributed by atoms with Gasteiger partial charge >= 0.3 is 18.1 Å². The zero-order valence-electron chi connectivity index (χ0n) is 30.0. The fourth-order valence-corrected chi connectivity index (χ4v) is 7.99. The molecule has 3 fully saturated rings. The van der Waals surface area contributed by atoms with Crippen LogP contribution in [0.1, 0.15) is 62.3 Å². The minimum atomic E-state index is -0.992. The third kappa shape index (κ3) is 9.20. The van der Waals surface area contributed by atoms with Gasteiger partial charge in [0.25, 0.3) is 5.91 Å². The van der Waals surface area contributed by atoms with E-state index in [1.165, 1.54) is 6.92 Å². The molecule has 2 aromatic carbocycles. The Kier molecular flexibility index (Phi) is 12.6. The first-order valence-electron chi connectivity index (χ1n) is 18.2. The number of hydrogen-bond donors (Lipinski definition) is 1. The van der Waals surface area contributed by atoms with Gasteiger partial charge in [0.15, 0.2) is 6.10 Å². The molecule has 0 aliphatic carbocycles. The van der Waals surface area contributed by atoms with Gasteiger partial charge in [-0.25, -0.2) is 9.59 Å². The van der Waals surface area contributed by atoms with Gasteiger partial charge in [0.1, 0.15) is 5.75 Å². The minimum Gasteiger partial charge on any atom is -0.436 e. The number of anilines is 1. The number of nitrogens with zero attached hydrogens (tertiary/aromatic N) is 5. The number of likely N-dealkylation sites (N-methyl/N-ethyl adjacent to an activating group) is 1. The number of aryl methyl sites for hydroxylation is 2. The molecule has 6 rings (SSSR count). The summed E-state index contributed by atoms with van der Waals surface area (Å²) in [6.07, 6.45) is 2.55. The van der Waals surface area contributed by atoms with E-state index in [4.69, 9.17) is 9.47 Å². The van der Waals surface area contributed by atoms with E-state index in [2.05, 4.69) is 22.2 Å². The Morgan fingerprint density at radius 3 is 2.10 bits per heavy atom. The predicted molar refractivity (Wildman–Crippen MR) is 197 cm³/mol. The van der Waals surface area contributed by atoms with Crippen LogP contribution in [0, 0.1) is 13.8 Å². The van der Waals surface area contributed by atoms with Gasteiger partial charge in [-0.2, -0.15) is 0 Å². The number of piperidine rings is 2. The number of ether oxygens (including phenoxy) is 2. The molecule has 2 aromatic rings. The second-order valence-corrected chi connectivity index (χ2v) is 14.4. The molecule has 1 atom stereocenters. The molecular weight excluding hydrogens is 648 g/mol.